The van der Waals surface area contributed by atoms with Gasteiger partial charge in [-0.2, -0.15) is 0 Å². The van der Waals surface area contributed by atoms with E-state index in [4.69, 9.17) is 4.99 Å². The standard InChI is InChI=1S/C32H24N4OS3/c1-3-35-26-16-13-21-9-7-8-12-24(21)30(26)40-29(35)18-17-27-31(37)36(23-10-5-4-6-11-23)32(39-27)34-22-14-15-25-28(19-22)38-20(2)33-25/h4-19H,3H2,1-2H3. The third-order valence-electron chi connectivity index (χ3n) is 6.84. The number of hydrogen-bond donors (Lipinski definition) is 0. The Kier molecular flexibility index (Phi) is 6.46. The lowest BCUT2D eigenvalue weighted by atomic mass is 10.1. The average Bonchev–Trinajstić information content (AvgIpc) is 3.63. The van der Waals surface area contributed by atoms with E-state index in [2.05, 4.69) is 59.3 Å². The Bertz CT molecular complexity index is 1890. The van der Waals surface area contributed by atoms with Crippen molar-refractivity contribution in [3.8, 4) is 0 Å². The highest BCUT2D eigenvalue weighted by atomic mass is 32.2. The van der Waals surface area contributed by atoms with Gasteiger partial charge in [-0.1, -0.05) is 60.3 Å². The lowest BCUT2D eigenvalue weighted by Gasteiger charge is -2.17. The molecule has 40 heavy (non-hydrogen) atoms. The molecule has 0 unspecified atom stereocenters. The zero-order valence-corrected chi connectivity index (χ0v) is 24.3. The van der Waals surface area contributed by atoms with Crippen molar-refractivity contribution in [1.29, 1.82) is 0 Å². The van der Waals surface area contributed by atoms with E-state index < -0.39 is 0 Å². The summed E-state index contributed by atoms with van der Waals surface area (Å²) in [4.78, 5) is 29.2. The number of carbonyl (C=O) groups excluding carboxylic acids is 1. The number of thioether (sulfide) groups is 2. The summed E-state index contributed by atoms with van der Waals surface area (Å²) in [5.41, 5.74) is 3.78. The van der Waals surface area contributed by atoms with Crippen molar-refractivity contribution in [3.05, 3.63) is 112 Å². The molecule has 2 aliphatic heterocycles. The molecule has 2 aliphatic rings. The van der Waals surface area contributed by atoms with Gasteiger partial charge in [0.2, 0.25) is 0 Å². The average molecular weight is 577 g/mol. The van der Waals surface area contributed by atoms with E-state index >= 15 is 0 Å². The predicted octanol–water partition coefficient (Wildman–Crippen LogP) is 8.88. The first-order chi connectivity index (χ1) is 19.6. The van der Waals surface area contributed by atoms with Gasteiger partial charge in [0.15, 0.2) is 5.17 Å². The monoisotopic (exact) mass is 576 g/mol. The molecule has 0 aliphatic carbocycles. The number of benzene rings is 4. The molecule has 0 spiro atoms. The van der Waals surface area contributed by atoms with Crippen molar-refractivity contribution >= 4 is 84.0 Å². The number of hydrogen-bond acceptors (Lipinski definition) is 7. The van der Waals surface area contributed by atoms with Gasteiger partial charge in [0.1, 0.15) is 0 Å². The normalized spacial score (nSPS) is 18.2. The zero-order chi connectivity index (χ0) is 27.2. The first-order valence-electron chi connectivity index (χ1n) is 13.0. The predicted molar refractivity (Wildman–Crippen MR) is 172 cm³/mol. The van der Waals surface area contributed by atoms with Crippen molar-refractivity contribution in [2.24, 2.45) is 4.99 Å². The molecule has 4 aromatic carbocycles. The molecule has 0 bridgehead atoms. The molecular formula is C32H24N4OS3. The summed E-state index contributed by atoms with van der Waals surface area (Å²) in [5, 5.41) is 5.26. The van der Waals surface area contributed by atoms with E-state index in [-0.39, 0.29) is 5.91 Å². The first-order valence-corrected chi connectivity index (χ1v) is 15.5. The van der Waals surface area contributed by atoms with E-state index in [9.17, 15) is 4.79 Å². The minimum absolute atomic E-state index is 0.0736. The second-order valence-corrected chi connectivity index (χ2v) is 12.6. The number of amidine groups is 1. The number of carbonyl (C=O) groups is 1. The largest absolute Gasteiger partial charge is 0.335 e. The summed E-state index contributed by atoms with van der Waals surface area (Å²) in [5.74, 6) is -0.0736. The molecular weight excluding hydrogens is 553 g/mol. The van der Waals surface area contributed by atoms with Gasteiger partial charge in [-0.25, -0.2) is 9.98 Å². The Morgan fingerprint density at radius 2 is 1.75 bits per heavy atom. The number of para-hydroxylation sites is 1. The van der Waals surface area contributed by atoms with Crippen molar-refractivity contribution in [2.75, 3.05) is 16.3 Å². The Hall–Kier alpha value is -3.85. The zero-order valence-electron chi connectivity index (χ0n) is 21.9. The maximum Gasteiger partial charge on any atom is 0.271 e. The van der Waals surface area contributed by atoms with Gasteiger partial charge in [0, 0.05) is 11.4 Å². The van der Waals surface area contributed by atoms with E-state index in [0.717, 1.165) is 38.2 Å². The number of aryl methyl sites for hydroxylation is 1. The minimum Gasteiger partial charge on any atom is -0.335 e. The van der Waals surface area contributed by atoms with Crippen LogP contribution in [-0.2, 0) is 4.79 Å². The summed E-state index contributed by atoms with van der Waals surface area (Å²) in [7, 11) is 0. The van der Waals surface area contributed by atoms with Crippen LogP contribution in [-0.4, -0.2) is 22.6 Å². The van der Waals surface area contributed by atoms with Crippen LogP contribution in [0.5, 0.6) is 0 Å². The lowest BCUT2D eigenvalue weighted by Crippen LogP contribution is -2.28. The number of rotatable bonds is 4. The molecule has 0 radical (unpaired) electrons. The maximum absolute atomic E-state index is 13.8. The van der Waals surface area contributed by atoms with E-state index in [1.54, 1.807) is 28.0 Å². The number of fused-ring (bicyclic) bond motifs is 4. The van der Waals surface area contributed by atoms with Crippen LogP contribution < -0.4 is 9.80 Å². The fraction of sp³-hybridized carbons (Fsp3) is 0.0938. The number of aromatic nitrogens is 1. The van der Waals surface area contributed by atoms with E-state index in [0.29, 0.717) is 10.1 Å². The van der Waals surface area contributed by atoms with Crippen LogP contribution in [0.2, 0.25) is 0 Å². The smallest absolute Gasteiger partial charge is 0.271 e. The van der Waals surface area contributed by atoms with Crippen LogP contribution in [0.1, 0.15) is 11.9 Å². The molecule has 1 fully saturated rings. The summed E-state index contributed by atoms with van der Waals surface area (Å²) in [6, 6.07) is 28.6. The molecule has 5 aromatic rings. The third kappa shape index (κ3) is 4.42. The van der Waals surface area contributed by atoms with Crippen LogP contribution in [0.3, 0.4) is 0 Å². The number of nitrogens with zero attached hydrogens (tertiary/aromatic N) is 4. The Balaban J connectivity index is 1.26. The number of anilines is 2. The van der Waals surface area contributed by atoms with Crippen LogP contribution in [0, 0.1) is 6.92 Å². The Morgan fingerprint density at radius 1 is 0.925 bits per heavy atom. The first kappa shape index (κ1) is 25.1. The quantitative estimate of drug-likeness (QED) is 0.200. The van der Waals surface area contributed by atoms with Gasteiger partial charge < -0.3 is 4.90 Å². The number of amides is 1. The van der Waals surface area contributed by atoms with E-state index in [1.165, 1.54) is 33.1 Å². The van der Waals surface area contributed by atoms with Crippen LogP contribution in [0.25, 0.3) is 21.0 Å². The fourth-order valence-electron chi connectivity index (χ4n) is 5.00. The summed E-state index contributed by atoms with van der Waals surface area (Å²) < 4.78 is 1.09. The summed E-state index contributed by atoms with van der Waals surface area (Å²) in [6.07, 6.45) is 4.02. The molecule has 5 nitrogen and oxygen atoms in total. The van der Waals surface area contributed by atoms with Gasteiger partial charge in [-0.3, -0.25) is 9.69 Å². The van der Waals surface area contributed by atoms with Gasteiger partial charge in [0.05, 0.1) is 42.2 Å². The lowest BCUT2D eigenvalue weighted by molar-refractivity contribution is -0.113. The molecule has 1 amide bonds. The number of allylic oxidation sites excluding steroid dienone is 2. The number of thiazole rings is 1. The van der Waals surface area contributed by atoms with Crippen LogP contribution in [0.15, 0.2) is 117 Å². The van der Waals surface area contributed by atoms with Crippen molar-refractivity contribution in [1.82, 2.24) is 4.98 Å². The minimum atomic E-state index is -0.0736. The second-order valence-electron chi connectivity index (χ2n) is 9.37. The SMILES string of the molecule is CCN1C(=CC=C2SC(=Nc3ccc4nc(C)sc4c3)N(c3ccccc3)C2=O)Sc2c1ccc1ccccc21. The van der Waals surface area contributed by atoms with Crippen molar-refractivity contribution in [3.63, 3.8) is 0 Å². The summed E-state index contributed by atoms with van der Waals surface area (Å²) in [6.45, 7) is 5.01. The summed E-state index contributed by atoms with van der Waals surface area (Å²) >= 11 is 4.82. The van der Waals surface area contributed by atoms with Gasteiger partial charge >= 0.3 is 0 Å². The highest BCUT2D eigenvalue weighted by molar-refractivity contribution is 8.19. The number of aliphatic imine (C=N–C) groups is 1. The molecule has 0 N–H and O–H groups in total. The van der Waals surface area contributed by atoms with E-state index in [1.807, 2.05) is 61.5 Å². The van der Waals surface area contributed by atoms with Gasteiger partial charge in [0.25, 0.3) is 5.91 Å². The van der Waals surface area contributed by atoms with Gasteiger partial charge in [-0.05, 0) is 84.9 Å². The molecule has 1 saturated heterocycles. The third-order valence-corrected chi connectivity index (χ3v) is 9.96. The molecule has 196 valence electrons. The van der Waals surface area contributed by atoms with Crippen LogP contribution in [0.4, 0.5) is 17.1 Å². The maximum atomic E-state index is 13.8. The molecule has 0 atom stereocenters. The topological polar surface area (TPSA) is 48.8 Å². The molecule has 0 saturated carbocycles. The second kappa shape index (κ2) is 10.3. The highest BCUT2D eigenvalue weighted by Crippen LogP contribution is 2.49. The van der Waals surface area contributed by atoms with Gasteiger partial charge in [-0.15, -0.1) is 11.3 Å². The molecule has 1 aromatic heterocycles. The van der Waals surface area contributed by atoms with Crippen LogP contribution >= 0.6 is 34.9 Å². The molecule has 8 heteroatoms. The van der Waals surface area contributed by atoms with Crippen molar-refractivity contribution < 1.29 is 4.79 Å². The van der Waals surface area contributed by atoms with Crippen molar-refractivity contribution in [2.45, 2.75) is 18.7 Å². The fourth-order valence-corrected chi connectivity index (χ4v) is 8.07. The highest BCUT2D eigenvalue weighted by Gasteiger charge is 2.35. The molecule has 3 heterocycles. The molecule has 7 rings (SSSR count). The Morgan fingerprint density at radius 3 is 2.60 bits per heavy atom. The Labute approximate surface area is 244 Å².